The van der Waals surface area contributed by atoms with Gasteiger partial charge in [0, 0.05) is 13.0 Å². The van der Waals surface area contributed by atoms with E-state index in [2.05, 4.69) is 0 Å². The number of morpholine rings is 1. The van der Waals surface area contributed by atoms with Crippen LogP contribution < -0.4 is 0 Å². The average Bonchev–Trinajstić information content (AvgIpc) is 2.44. The van der Waals surface area contributed by atoms with Crippen LogP contribution in [0.3, 0.4) is 0 Å². The van der Waals surface area contributed by atoms with Gasteiger partial charge in [-0.2, -0.15) is 0 Å². The van der Waals surface area contributed by atoms with Crippen LogP contribution in [0.4, 0.5) is 0 Å². The van der Waals surface area contributed by atoms with Gasteiger partial charge in [0.2, 0.25) is 5.91 Å². The van der Waals surface area contributed by atoms with E-state index in [1.54, 1.807) is 4.90 Å². The summed E-state index contributed by atoms with van der Waals surface area (Å²) >= 11 is 0. The van der Waals surface area contributed by atoms with Gasteiger partial charge in [0.05, 0.1) is 19.3 Å². The minimum atomic E-state index is -0.977. The molecule has 96 valence electrons. The van der Waals surface area contributed by atoms with Crippen molar-refractivity contribution < 1.29 is 14.6 Å². The molecule has 2 fully saturated rings. The molecule has 0 saturated carbocycles. The third kappa shape index (κ3) is 1.72. The zero-order valence-electron chi connectivity index (χ0n) is 10.2. The lowest BCUT2D eigenvalue weighted by Gasteiger charge is -2.49. The molecule has 1 N–H and O–H groups in total. The molecule has 0 aromatic heterocycles. The molecule has 2 heterocycles. The van der Waals surface area contributed by atoms with E-state index >= 15 is 0 Å². The lowest BCUT2D eigenvalue weighted by Crippen LogP contribution is -2.62. The molecular weight excluding hydrogens is 230 g/mol. The van der Waals surface area contributed by atoms with Crippen molar-refractivity contribution in [2.45, 2.75) is 24.5 Å². The summed E-state index contributed by atoms with van der Waals surface area (Å²) < 4.78 is 5.45. The fourth-order valence-corrected chi connectivity index (χ4v) is 2.97. The van der Waals surface area contributed by atoms with Crippen LogP contribution in [-0.2, 0) is 15.1 Å². The molecule has 2 aliphatic rings. The first-order chi connectivity index (χ1) is 8.72. The summed E-state index contributed by atoms with van der Waals surface area (Å²) in [5, 5.41) is 11.0. The maximum atomic E-state index is 11.9. The number of piperidine rings is 1. The van der Waals surface area contributed by atoms with Gasteiger partial charge in [-0.3, -0.25) is 4.79 Å². The highest BCUT2D eigenvalue weighted by Crippen LogP contribution is 2.38. The van der Waals surface area contributed by atoms with E-state index in [4.69, 9.17) is 4.74 Å². The van der Waals surface area contributed by atoms with Crippen LogP contribution in [0.25, 0.3) is 0 Å². The molecular formula is C14H17NO3. The van der Waals surface area contributed by atoms with E-state index in [1.165, 1.54) is 0 Å². The van der Waals surface area contributed by atoms with Crippen LogP contribution in [0, 0.1) is 0 Å². The van der Waals surface area contributed by atoms with Crippen molar-refractivity contribution in [2.24, 2.45) is 0 Å². The van der Waals surface area contributed by atoms with E-state index in [0.717, 1.165) is 5.56 Å². The number of fused-ring (bicyclic) bond motifs is 1. The van der Waals surface area contributed by atoms with Crippen molar-refractivity contribution in [1.29, 1.82) is 0 Å². The van der Waals surface area contributed by atoms with Crippen molar-refractivity contribution >= 4 is 5.91 Å². The SMILES string of the molecule is O=C1CC[C@@](O)(c2ccccc2)[C@@H]2COCCN12. The number of amides is 1. The number of nitrogens with zero attached hydrogens (tertiary/aromatic N) is 1. The smallest absolute Gasteiger partial charge is 0.223 e. The number of carbonyl (C=O) groups is 1. The van der Waals surface area contributed by atoms with Gasteiger partial charge < -0.3 is 14.7 Å². The summed E-state index contributed by atoms with van der Waals surface area (Å²) in [6.07, 6.45) is 0.877. The van der Waals surface area contributed by atoms with Crippen molar-refractivity contribution in [3.63, 3.8) is 0 Å². The second kappa shape index (κ2) is 4.37. The first-order valence-electron chi connectivity index (χ1n) is 6.37. The normalized spacial score (nSPS) is 32.2. The van der Waals surface area contributed by atoms with Gasteiger partial charge in [-0.1, -0.05) is 30.3 Å². The molecule has 2 aliphatic heterocycles. The highest BCUT2D eigenvalue weighted by Gasteiger charge is 2.48. The quantitative estimate of drug-likeness (QED) is 0.802. The number of benzene rings is 1. The Morgan fingerprint density at radius 3 is 2.89 bits per heavy atom. The van der Waals surface area contributed by atoms with Crippen molar-refractivity contribution in [2.75, 3.05) is 19.8 Å². The Labute approximate surface area is 106 Å². The van der Waals surface area contributed by atoms with E-state index in [1.807, 2.05) is 30.3 Å². The topological polar surface area (TPSA) is 49.8 Å². The fourth-order valence-electron chi connectivity index (χ4n) is 2.97. The predicted octanol–water partition coefficient (Wildman–Crippen LogP) is 0.895. The van der Waals surface area contributed by atoms with Gasteiger partial charge in [0.25, 0.3) is 0 Å². The summed E-state index contributed by atoms with van der Waals surface area (Å²) in [5.74, 6) is 0.129. The lowest BCUT2D eigenvalue weighted by atomic mass is 9.78. The van der Waals surface area contributed by atoms with Gasteiger partial charge in [-0.25, -0.2) is 0 Å². The number of rotatable bonds is 1. The summed E-state index contributed by atoms with van der Waals surface area (Å²) in [6, 6.07) is 9.34. The Balaban J connectivity index is 1.98. The van der Waals surface area contributed by atoms with Gasteiger partial charge in [-0.15, -0.1) is 0 Å². The van der Waals surface area contributed by atoms with Crippen LogP contribution in [0.2, 0.25) is 0 Å². The van der Waals surface area contributed by atoms with Crippen LogP contribution >= 0.6 is 0 Å². The van der Waals surface area contributed by atoms with Crippen molar-refractivity contribution in [3.8, 4) is 0 Å². The average molecular weight is 247 g/mol. The first kappa shape index (κ1) is 11.7. The minimum absolute atomic E-state index is 0.129. The fraction of sp³-hybridized carbons (Fsp3) is 0.500. The van der Waals surface area contributed by atoms with Crippen LogP contribution in [0.1, 0.15) is 18.4 Å². The molecule has 0 radical (unpaired) electrons. The predicted molar refractivity (Wildman–Crippen MR) is 65.9 cm³/mol. The standard InChI is InChI=1S/C14H17NO3/c16-13-6-7-14(17,11-4-2-1-3-5-11)12-10-18-9-8-15(12)13/h1-5,12,17H,6-10H2/t12-,14+/m0/s1. The summed E-state index contributed by atoms with van der Waals surface area (Å²) in [6.45, 7) is 1.56. The molecule has 1 aromatic rings. The highest BCUT2D eigenvalue weighted by molar-refractivity contribution is 5.78. The van der Waals surface area contributed by atoms with Gasteiger partial charge in [-0.05, 0) is 12.0 Å². The molecule has 0 spiro atoms. The molecule has 4 nitrogen and oxygen atoms in total. The first-order valence-corrected chi connectivity index (χ1v) is 6.37. The number of aliphatic hydroxyl groups is 1. The second-order valence-corrected chi connectivity index (χ2v) is 4.97. The van der Waals surface area contributed by atoms with Crippen LogP contribution in [0.5, 0.6) is 0 Å². The number of ether oxygens (including phenoxy) is 1. The largest absolute Gasteiger partial charge is 0.383 e. The van der Waals surface area contributed by atoms with E-state index < -0.39 is 5.60 Å². The number of hydrogen-bond acceptors (Lipinski definition) is 3. The lowest BCUT2D eigenvalue weighted by molar-refractivity contribution is -0.172. The van der Waals surface area contributed by atoms with E-state index in [9.17, 15) is 9.90 Å². The van der Waals surface area contributed by atoms with Gasteiger partial charge in [0.15, 0.2) is 0 Å². The molecule has 2 saturated heterocycles. The number of hydrogen-bond donors (Lipinski definition) is 1. The minimum Gasteiger partial charge on any atom is -0.383 e. The summed E-state index contributed by atoms with van der Waals surface area (Å²) in [4.78, 5) is 13.7. The van der Waals surface area contributed by atoms with Crippen LogP contribution in [0.15, 0.2) is 30.3 Å². The maximum Gasteiger partial charge on any atom is 0.223 e. The molecule has 0 bridgehead atoms. The van der Waals surface area contributed by atoms with E-state index in [-0.39, 0.29) is 11.9 Å². The Morgan fingerprint density at radius 2 is 2.11 bits per heavy atom. The zero-order chi connectivity index (χ0) is 12.6. The van der Waals surface area contributed by atoms with E-state index in [0.29, 0.717) is 32.6 Å². The molecule has 2 atom stereocenters. The maximum absolute atomic E-state index is 11.9. The Kier molecular flexibility index (Phi) is 2.84. The third-order valence-corrected chi connectivity index (χ3v) is 3.99. The molecule has 18 heavy (non-hydrogen) atoms. The zero-order valence-corrected chi connectivity index (χ0v) is 10.2. The second-order valence-electron chi connectivity index (χ2n) is 4.97. The van der Waals surface area contributed by atoms with Gasteiger partial charge >= 0.3 is 0 Å². The van der Waals surface area contributed by atoms with Crippen molar-refractivity contribution in [1.82, 2.24) is 4.90 Å². The van der Waals surface area contributed by atoms with Crippen LogP contribution in [-0.4, -0.2) is 41.7 Å². The summed E-state index contributed by atoms with van der Waals surface area (Å²) in [7, 11) is 0. The molecule has 1 aromatic carbocycles. The summed E-state index contributed by atoms with van der Waals surface area (Å²) in [5.41, 5.74) is -0.103. The molecule has 0 aliphatic carbocycles. The molecule has 1 amide bonds. The Bertz CT molecular complexity index is 448. The Morgan fingerprint density at radius 1 is 1.33 bits per heavy atom. The molecule has 4 heteroatoms. The molecule has 0 unspecified atom stereocenters. The van der Waals surface area contributed by atoms with Crippen molar-refractivity contribution in [3.05, 3.63) is 35.9 Å². The highest BCUT2D eigenvalue weighted by atomic mass is 16.5. The third-order valence-electron chi connectivity index (χ3n) is 3.99. The van der Waals surface area contributed by atoms with Gasteiger partial charge in [0.1, 0.15) is 5.60 Å². The number of carbonyl (C=O) groups excluding carboxylic acids is 1. The molecule has 3 rings (SSSR count). The Hall–Kier alpha value is -1.39. The monoisotopic (exact) mass is 247 g/mol.